The molecule has 21 heavy (non-hydrogen) atoms. The van der Waals surface area contributed by atoms with Gasteiger partial charge >= 0.3 is 0 Å². The van der Waals surface area contributed by atoms with E-state index in [1.165, 1.54) is 57.8 Å². The van der Waals surface area contributed by atoms with Crippen molar-refractivity contribution in [2.45, 2.75) is 103 Å². The van der Waals surface area contributed by atoms with Crippen LogP contribution in [-0.4, -0.2) is 12.2 Å². The first kappa shape index (κ1) is 18.5. The summed E-state index contributed by atoms with van der Waals surface area (Å²) in [5.74, 6) is 0. The van der Waals surface area contributed by atoms with Crippen LogP contribution in [0.25, 0.3) is 0 Å². The van der Waals surface area contributed by atoms with Crippen molar-refractivity contribution < 1.29 is 4.74 Å². The van der Waals surface area contributed by atoms with Crippen molar-refractivity contribution >= 4 is 0 Å². The molecule has 1 nitrogen and oxygen atoms in total. The minimum Gasteiger partial charge on any atom is -0.369 e. The molecule has 0 amide bonds. The van der Waals surface area contributed by atoms with Crippen LogP contribution >= 0.6 is 0 Å². The third kappa shape index (κ3) is 10.8. The van der Waals surface area contributed by atoms with Crippen molar-refractivity contribution in [1.82, 2.24) is 0 Å². The topological polar surface area (TPSA) is 12.5 Å². The third-order valence-electron chi connectivity index (χ3n) is 4.22. The lowest BCUT2D eigenvalue weighted by atomic mass is 10.1. The molecule has 122 valence electrons. The van der Waals surface area contributed by atoms with Gasteiger partial charge in [-0.05, 0) is 32.1 Å². The Balaban J connectivity index is 1.81. The molecule has 0 aromatic rings. The van der Waals surface area contributed by atoms with Gasteiger partial charge in [-0.3, -0.25) is 0 Å². The summed E-state index contributed by atoms with van der Waals surface area (Å²) < 4.78 is 5.65. The van der Waals surface area contributed by atoms with Crippen molar-refractivity contribution in [3.05, 3.63) is 24.3 Å². The summed E-state index contributed by atoms with van der Waals surface area (Å²) in [7, 11) is 0. The second kappa shape index (κ2) is 13.1. The van der Waals surface area contributed by atoms with Crippen molar-refractivity contribution in [1.29, 1.82) is 0 Å². The molecule has 1 heteroatoms. The highest BCUT2D eigenvalue weighted by Gasteiger charge is 2.35. The second-order valence-electron chi connectivity index (χ2n) is 6.30. The molecule has 2 unspecified atom stereocenters. The number of unbranched alkanes of at least 4 members (excludes halogenated alkanes) is 8. The number of hydrogen-bond donors (Lipinski definition) is 0. The number of allylic oxidation sites excluding steroid dienone is 2. The van der Waals surface area contributed by atoms with E-state index in [-0.39, 0.29) is 0 Å². The molecule has 1 fully saturated rings. The van der Waals surface area contributed by atoms with E-state index in [1.807, 2.05) is 0 Å². The van der Waals surface area contributed by atoms with Crippen molar-refractivity contribution in [2.24, 2.45) is 0 Å². The summed E-state index contributed by atoms with van der Waals surface area (Å²) >= 11 is 0. The maximum atomic E-state index is 5.65. The van der Waals surface area contributed by atoms with Crippen molar-refractivity contribution in [3.63, 3.8) is 0 Å². The fourth-order valence-electron chi connectivity index (χ4n) is 2.74. The Morgan fingerprint density at radius 2 is 1.24 bits per heavy atom. The number of hydrogen-bond acceptors (Lipinski definition) is 1. The molecule has 1 heterocycles. The number of ether oxygens (including phenoxy) is 1. The van der Waals surface area contributed by atoms with Crippen molar-refractivity contribution in [3.8, 4) is 0 Å². The zero-order valence-electron chi connectivity index (χ0n) is 14.4. The van der Waals surface area contributed by atoms with Gasteiger partial charge in [-0.2, -0.15) is 0 Å². The largest absolute Gasteiger partial charge is 0.369 e. The highest BCUT2D eigenvalue weighted by atomic mass is 16.6. The van der Waals surface area contributed by atoms with E-state index in [1.54, 1.807) is 0 Å². The maximum absolute atomic E-state index is 5.65. The van der Waals surface area contributed by atoms with Crippen LogP contribution in [0.2, 0.25) is 0 Å². The van der Waals surface area contributed by atoms with Crippen LogP contribution in [0.3, 0.4) is 0 Å². The van der Waals surface area contributed by atoms with Crippen molar-refractivity contribution in [2.75, 3.05) is 0 Å². The summed E-state index contributed by atoms with van der Waals surface area (Å²) in [4.78, 5) is 0. The van der Waals surface area contributed by atoms with Gasteiger partial charge in [0.2, 0.25) is 0 Å². The minimum absolute atomic E-state index is 0.501. The number of rotatable bonds is 14. The maximum Gasteiger partial charge on any atom is 0.0879 e. The molecule has 2 atom stereocenters. The molecule has 0 spiro atoms. The molecule has 0 saturated carbocycles. The monoisotopic (exact) mass is 292 g/mol. The molecule has 0 radical (unpaired) electrons. The van der Waals surface area contributed by atoms with E-state index in [0.717, 1.165) is 19.3 Å². The zero-order valence-corrected chi connectivity index (χ0v) is 14.4. The molecule has 1 rings (SSSR count). The first-order valence-corrected chi connectivity index (χ1v) is 9.34. The molecular weight excluding hydrogens is 256 g/mol. The lowest BCUT2D eigenvalue weighted by molar-refractivity contribution is 0.372. The van der Waals surface area contributed by atoms with Crippen LogP contribution < -0.4 is 0 Å². The summed E-state index contributed by atoms with van der Waals surface area (Å²) in [6, 6.07) is 0. The minimum atomic E-state index is 0.501. The van der Waals surface area contributed by atoms with Gasteiger partial charge < -0.3 is 4.74 Å². The van der Waals surface area contributed by atoms with Crippen LogP contribution in [0.1, 0.15) is 90.9 Å². The van der Waals surface area contributed by atoms with Gasteiger partial charge in [-0.15, -0.1) is 0 Å². The highest BCUT2D eigenvalue weighted by molar-refractivity contribution is 4.97. The molecule has 0 bridgehead atoms. The molecule has 0 aliphatic carbocycles. The summed E-state index contributed by atoms with van der Waals surface area (Å²) in [6.45, 7) is 4.46. The Morgan fingerprint density at radius 3 is 1.86 bits per heavy atom. The normalized spacial score (nSPS) is 21.6. The van der Waals surface area contributed by atoms with E-state index in [2.05, 4.69) is 38.2 Å². The van der Waals surface area contributed by atoms with E-state index in [0.29, 0.717) is 12.2 Å². The van der Waals surface area contributed by atoms with Gasteiger partial charge in [-0.25, -0.2) is 0 Å². The van der Waals surface area contributed by atoms with Gasteiger partial charge in [0.1, 0.15) is 0 Å². The van der Waals surface area contributed by atoms with Crippen LogP contribution in [-0.2, 0) is 4.74 Å². The Morgan fingerprint density at radius 1 is 0.667 bits per heavy atom. The SMILES string of the molecule is CC/C=C/CC1OC1C/C=C/CCCCCCCCCC. The fraction of sp³-hybridized carbons (Fsp3) is 0.800. The summed E-state index contributed by atoms with van der Waals surface area (Å²) in [5.41, 5.74) is 0. The van der Waals surface area contributed by atoms with E-state index in [9.17, 15) is 0 Å². The summed E-state index contributed by atoms with van der Waals surface area (Å²) in [5, 5.41) is 0. The van der Waals surface area contributed by atoms with Gasteiger partial charge in [0.15, 0.2) is 0 Å². The Kier molecular flexibility index (Phi) is 11.6. The Labute approximate surface area is 132 Å². The standard InChI is InChI=1S/C20H36O/c1-3-5-7-8-9-10-11-12-13-14-16-18-20-19(21-20)17-15-6-4-2/h6,14-16,19-20H,3-5,7-13,17-18H2,1-2H3/b15-6+,16-14+. The first-order valence-electron chi connectivity index (χ1n) is 9.34. The quantitative estimate of drug-likeness (QED) is 0.200. The van der Waals surface area contributed by atoms with Crippen LogP contribution in [0.15, 0.2) is 24.3 Å². The second-order valence-corrected chi connectivity index (χ2v) is 6.30. The average Bonchev–Trinajstić information content (AvgIpc) is 3.23. The molecule has 1 aliphatic rings. The molecule has 0 N–H and O–H groups in total. The Bertz CT molecular complexity index is 280. The Hall–Kier alpha value is -0.560. The van der Waals surface area contributed by atoms with Gasteiger partial charge in [0.05, 0.1) is 12.2 Å². The lowest BCUT2D eigenvalue weighted by Crippen LogP contribution is -1.90. The third-order valence-corrected chi connectivity index (χ3v) is 4.22. The predicted molar refractivity (Wildman–Crippen MR) is 93.7 cm³/mol. The highest BCUT2D eigenvalue weighted by Crippen LogP contribution is 2.29. The van der Waals surface area contributed by atoms with Gasteiger partial charge in [-0.1, -0.05) is 83.1 Å². The van der Waals surface area contributed by atoms with E-state index in [4.69, 9.17) is 4.74 Å². The summed E-state index contributed by atoms with van der Waals surface area (Å²) in [6.07, 6.45) is 26.1. The first-order chi connectivity index (χ1) is 10.4. The molecule has 0 aromatic heterocycles. The zero-order chi connectivity index (χ0) is 15.2. The molecule has 0 aromatic carbocycles. The van der Waals surface area contributed by atoms with Gasteiger partial charge in [0.25, 0.3) is 0 Å². The lowest BCUT2D eigenvalue weighted by Gasteiger charge is -1.99. The molecular formula is C20H36O. The van der Waals surface area contributed by atoms with E-state index >= 15 is 0 Å². The van der Waals surface area contributed by atoms with Crippen LogP contribution in [0.5, 0.6) is 0 Å². The molecule has 1 aliphatic heterocycles. The van der Waals surface area contributed by atoms with Crippen LogP contribution in [0.4, 0.5) is 0 Å². The van der Waals surface area contributed by atoms with Gasteiger partial charge in [0, 0.05) is 0 Å². The number of epoxide rings is 1. The molecule has 1 saturated heterocycles. The fourth-order valence-corrected chi connectivity index (χ4v) is 2.74. The van der Waals surface area contributed by atoms with Crippen LogP contribution in [0, 0.1) is 0 Å². The smallest absolute Gasteiger partial charge is 0.0879 e. The van der Waals surface area contributed by atoms with E-state index < -0.39 is 0 Å². The predicted octanol–water partition coefficient (Wildman–Crippen LogP) is 6.59. The average molecular weight is 293 g/mol.